The molecule has 0 spiro atoms. The number of nitrogens with zero attached hydrogens (tertiary/aromatic N) is 1. The maximum absolute atomic E-state index is 4.37. The zero-order valence-electron chi connectivity index (χ0n) is 7.74. The van der Waals surface area contributed by atoms with Crippen molar-refractivity contribution < 1.29 is 0 Å². The van der Waals surface area contributed by atoms with Crippen molar-refractivity contribution in [1.29, 1.82) is 0 Å². The molecule has 0 aliphatic carbocycles. The fraction of sp³-hybridized carbons (Fsp3) is 0.182. The molecule has 0 aliphatic heterocycles. The summed E-state index contributed by atoms with van der Waals surface area (Å²) in [6, 6.07) is 6.42. The molecule has 1 nitrogen and oxygen atoms in total. The molecule has 2 heteroatoms. The summed E-state index contributed by atoms with van der Waals surface area (Å²) in [6.07, 6.45) is 1.91. The van der Waals surface area contributed by atoms with Crippen LogP contribution in [-0.4, -0.2) is 19.5 Å². The molecule has 0 aliphatic rings. The minimum atomic E-state index is 0.443. The number of hydrogen-bond donors (Lipinski definition) is 0. The van der Waals surface area contributed by atoms with E-state index in [1.807, 2.05) is 6.20 Å². The van der Waals surface area contributed by atoms with Crippen LogP contribution in [0.15, 0.2) is 29.3 Å². The van der Waals surface area contributed by atoms with Crippen molar-refractivity contribution in [3.63, 3.8) is 0 Å². The van der Waals surface area contributed by atoms with Crippen molar-refractivity contribution in [3.8, 4) is 10.1 Å². The SMILES string of the molecule is Cc1cccc(-c2ncc[se]2)c1C. The van der Waals surface area contributed by atoms with Crippen molar-refractivity contribution >= 4 is 14.5 Å². The predicted molar refractivity (Wildman–Crippen MR) is 56.1 cm³/mol. The first-order valence-electron chi connectivity index (χ1n) is 4.25. The Morgan fingerprint density at radius 3 is 2.77 bits per heavy atom. The molecule has 0 fully saturated rings. The van der Waals surface area contributed by atoms with Crippen LogP contribution in [0.25, 0.3) is 10.1 Å². The fourth-order valence-electron chi connectivity index (χ4n) is 1.34. The summed E-state index contributed by atoms with van der Waals surface area (Å²) < 4.78 is 1.26. The molecule has 2 rings (SSSR count). The van der Waals surface area contributed by atoms with Crippen molar-refractivity contribution in [2.75, 3.05) is 0 Å². The molecule has 0 amide bonds. The second-order valence-electron chi connectivity index (χ2n) is 3.08. The third-order valence-corrected chi connectivity index (χ3v) is 3.96. The second kappa shape index (κ2) is 3.49. The summed E-state index contributed by atoms with van der Waals surface area (Å²) >= 11 is 0.443. The van der Waals surface area contributed by atoms with E-state index in [4.69, 9.17) is 0 Å². The van der Waals surface area contributed by atoms with Crippen LogP contribution in [0, 0.1) is 13.8 Å². The van der Waals surface area contributed by atoms with Crippen LogP contribution in [0.5, 0.6) is 0 Å². The topological polar surface area (TPSA) is 12.9 Å². The van der Waals surface area contributed by atoms with Gasteiger partial charge in [-0.25, -0.2) is 0 Å². The summed E-state index contributed by atoms with van der Waals surface area (Å²) in [5.41, 5.74) is 4.04. The molecule has 13 heavy (non-hydrogen) atoms. The van der Waals surface area contributed by atoms with Gasteiger partial charge in [0.15, 0.2) is 0 Å². The first kappa shape index (κ1) is 8.73. The third kappa shape index (κ3) is 1.60. The molecular formula is C11H11NSe. The van der Waals surface area contributed by atoms with E-state index in [9.17, 15) is 0 Å². The molecule has 0 radical (unpaired) electrons. The van der Waals surface area contributed by atoms with Gasteiger partial charge in [0, 0.05) is 0 Å². The molecule has 1 heterocycles. The Kier molecular flexibility index (Phi) is 2.34. The number of benzene rings is 1. The van der Waals surface area contributed by atoms with Gasteiger partial charge < -0.3 is 0 Å². The predicted octanol–water partition coefficient (Wildman–Crippen LogP) is 2.42. The van der Waals surface area contributed by atoms with Gasteiger partial charge in [-0.3, -0.25) is 0 Å². The molecule has 2 aromatic rings. The summed E-state index contributed by atoms with van der Waals surface area (Å²) in [6.45, 7) is 4.32. The van der Waals surface area contributed by atoms with E-state index in [2.05, 4.69) is 42.0 Å². The van der Waals surface area contributed by atoms with E-state index >= 15 is 0 Å². The summed E-state index contributed by atoms with van der Waals surface area (Å²) in [4.78, 5) is 6.53. The Labute approximate surface area is 84.2 Å². The van der Waals surface area contributed by atoms with E-state index in [1.54, 1.807) is 0 Å². The molecule has 0 saturated carbocycles. The Balaban J connectivity index is 2.59. The van der Waals surface area contributed by atoms with Crippen LogP contribution in [0.2, 0.25) is 0 Å². The van der Waals surface area contributed by atoms with Gasteiger partial charge in [-0.2, -0.15) is 0 Å². The first-order valence-corrected chi connectivity index (χ1v) is 6.09. The molecular weight excluding hydrogens is 225 g/mol. The summed E-state index contributed by atoms with van der Waals surface area (Å²) in [5.74, 6) is 0. The van der Waals surface area contributed by atoms with Crippen LogP contribution in [0.3, 0.4) is 0 Å². The monoisotopic (exact) mass is 237 g/mol. The Morgan fingerprint density at radius 1 is 1.23 bits per heavy atom. The van der Waals surface area contributed by atoms with Gasteiger partial charge >= 0.3 is 83.9 Å². The zero-order chi connectivity index (χ0) is 9.26. The normalized spacial score (nSPS) is 10.3. The van der Waals surface area contributed by atoms with Gasteiger partial charge in [-0.05, 0) is 0 Å². The van der Waals surface area contributed by atoms with Crippen LogP contribution >= 0.6 is 0 Å². The molecule has 1 aromatic carbocycles. The summed E-state index contributed by atoms with van der Waals surface area (Å²) in [5, 5.41) is 0. The summed E-state index contributed by atoms with van der Waals surface area (Å²) in [7, 11) is 0. The van der Waals surface area contributed by atoms with Gasteiger partial charge in [0.05, 0.1) is 0 Å². The van der Waals surface area contributed by atoms with E-state index in [-0.39, 0.29) is 0 Å². The van der Waals surface area contributed by atoms with Crippen LogP contribution < -0.4 is 0 Å². The molecule has 0 bridgehead atoms. The Morgan fingerprint density at radius 2 is 2.08 bits per heavy atom. The quantitative estimate of drug-likeness (QED) is 0.693. The molecule has 66 valence electrons. The van der Waals surface area contributed by atoms with Crippen LogP contribution in [0.4, 0.5) is 0 Å². The number of hydrogen-bond acceptors (Lipinski definition) is 1. The number of rotatable bonds is 1. The van der Waals surface area contributed by atoms with Crippen molar-refractivity contribution in [2.45, 2.75) is 13.8 Å². The van der Waals surface area contributed by atoms with Crippen molar-refractivity contribution in [2.24, 2.45) is 0 Å². The van der Waals surface area contributed by atoms with Gasteiger partial charge in [-0.15, -0.1) is 0 Å². The molecule has 1 aromatic heterocycles. The zero-order valence-corrected chi connectivity index (χ0v) is 9.46. The van der Waals surface area contributed by atoms with Crippen LogP contribution in [-0.2, 0) is 0 Å². The average Bonchev–Trinajstić information content (AvgIpc) is 2.62. The Bertz CT molecular complexity index is 404. The van der Waals surface area contributed by atoms with Crippen molar-refractivity contribution in [1.82, 2.24) is 4.98 Å². The van der Waals surface area contributed by atoms with E-state index in [0.717, 1.165) is 0 Å². The fourth-order valence-corrected chi connectivity index (χ4v) is 2.85. The molecule has 0 N–H and O–H groups in total. The van der Waals surface area contributed by atoms with Gasteiger partial charge in [0.1, 0.15) is 0 Å². The third-order valence-electron chi connectivity index (χ3n) is 2.27. The number of aryl methyl sites for hydroxylation is 1. The van der Waals surface area contributed by atoms with Crippen LogP contribution in [0.1, 0.15) is 11.1 Å². The second-order valence-corrected chi connectivity index (χ2v) is 4.96. The Hall–Kier alpha value is -0.851. The average molecular weight is 236 g/mol. The van der Waals surface area contributed by atoms with Gasteiger partial charge in [0.2, 0.25) is 0 Å². The number of aromatic nitrogens is 1. The standard InChI is InChI=1S/C11H11NSe/c1-8-4-3-5-10(9(8)2)11-12-6-7-13-11/h3-7H,1-2H3. The van der Waals surface area contributed by atoms with E-state index in [0.29, 0.717) is 14.5 Å². The van der Waals surface area contributed by atoms with Gasteiger partial charge in [0.25, 0.3) is 0 Å². The molecule has 0 saturated heterocycles. The molecule has 0 unspecified atom stereocenters. The maximum atomic E-state index is 4.37. The first-order chi connectivity index (χ1) is 6.29. The minimum absolute atomic E-state index is 0.443. The molecule has 0 atom stereocenters. The van der Waals surface area contributed by atoms with E-state index < -0.39 is 0 Å². The van der Waals surface area contributed by atoms with E-state index in [1.165, 1.54) is 21.3 Å². The van der Waals surface area contributed by atoms with Gasteiger partial charge in [-0.1, -0.05) is 0 Å². The van der Waals surface area contributed by atoms with Crippen molar-refractivity contribution in [3.05, 3.63) is 40.5 Å².